The molecule has 2 aromatic carbocycles. The maximum Gasteiger partial charge on any atom is 0.276 e. The van der Waals surface area contributed by atoms with E-state index in [4.69, 9.17) is 13.9 Å². The molecule has 0 N–H and O–H groups in total. The van der Waals surface area contributed by atoms with Gasteiger partial charge in [0.25, 0.3) is 5.22 Å². The minimum Gasteiger partial charge on any atom is -0.497 e. The Labute approximate surface area is 145 Å². The molecule has 6 heteroatoms. The number of benzene rings is 2. The van der Waals surface area contributed by atoms with Gasteiger partial charge in [0.05, 0.1) is 20.6 Å². The van der Waals surface area contributed by atoms with Crippen LogP contribution in [0.2, 0.25) is 0 Å². The summed E-state index contributed by atoms with van der Waals surface area (Å²) in [6.45, 7) is 0. The van der Waals surface area contributed by atoms with E-state index in [0.717, 1.165) is 28.4 Å². The van der Waals surface area contributed by atoms with Crippen molar-refractivity contribution in [3.05, 3.63) is 65.5 Å². The molecular formula is C18H18N2O3S. The molecule has 3 aromatic rings. The van der Waals surface area contributed by atoms with E-state index >= 15 is 0 Å². The fourth-order valence-corrected chi connectivity index (χ4v) is 3.01. The molecule has 0 fully saturated rings. The lowest BCUT2D eigenvalue weighted by molar-refractivity contribution is 0.400. The lowest BCUT2D eigenvalue weighted by Crippen LogP contribution is -1.93. The van der Waals surface area contributed by atoms with Crippen LogP contribution >= 0.6 is 11.8 Å². The average Bonchev–Trinajstić information content (AvgIpc) is 3.08. The van der Waals surface area contributed by atoms with Crippen molar-refractivity contribution in [1.82, 2.24) is 10.2 Å². The van der Waals surface area contributed by atoms with Crippen molar-refractivity contribution in [3.63, 3.8) is 0 Å². The largest absolute Gasteiger partial charge is 0.497 e. The van der Waals surface area contributed by atoms with Crippen LogP contribution in [0, 0.1) is 0 Å². The molecule has 0 aliphatic carbocycles. The molecule has 124 valence electrons. The highest BCUT2D eigenvalue weighted by atomic mass is 32.2. The Balaban J connectivity index is 1.63. The first-order chi connectivity index (χ1) is 11.8. The van der Waals surface area contributed by atoms with Crippen molar-refractivity contribution in [2.24, 2.45) is 0 Å². The summed E-state index contributed by atoms with van der Waals surface area (Å²) in [6.07, 6.45) is 0.552. The maximum absolute atomic E-state index is 5.72. The molecule has 0 amide bonds. The van der Waals surface area contributed by atoms with Gasteiger partial charge in [0, 0.05) is 11.3 Å². The quantitative estimate of drug-likeness (QED) is 0.606. The summed E-state index contributed by atoms with van der Waals surface area (Å²) in [7, 11) is 3.32. The van der Waals surface area contributed by atoms with Crippen molar-refractivity contribution in [2.45, 2.75) is 17.4 Å². The summed E-state index contributed by atoms with van der Waals surface area (Å²) in [6, 6.07) is 15.7. The second-order valence-corrected chi connectivity index (χ2v) is 6.02. The fraction of sp³-hybridized carbons (Fsp3) is 0.222. The van der Waals surface area contributed by atoms with Gasteiger partial charge < -0.3 is 13.9 Å². The number of thioether (sulfide) groups is 1. The van der Waals surface area contributed by atoms with Crippen molar-refractivity contribution in [2.75, 3.05) is 14.2 Å². The summed E-state index contributed by atoms with van der Waals surface area (Å²) in [5, 5.41) is 8.77. The number of hydrogen-bond donors (Lipinski definition) is 0. The average molecular weight is 342 g/mol. The monoisotopic (exact) mass is 342 g/mol. The first kappa shape index (κ1) is 16.4. The number of para-hydroxylation sites is 1. The third-order valence-corrected chi connectivity index (χ3v) is 4.37. The van der Waals surface area contributed by atoms with Gasteiger partial charge in [0.2, 0.25) is 5.89 Å². The van der Waals surface area contributed by atoms with Crippen LogP contribution in [-0.2, 0) is 12.2 Å². The van der Waals surface area contributed by atoms with Gasteiger partial charge >= 0.3 is 0 Å². The molecule has 1 aromatic heterocycles. The van der Waals surface area contributed by atoms with Crippen LogP contribution in [0.25, 0.3) is 0 Å². The molecule has 1 heterocycles. The van der Waals surface area contributed by atoms with Crippen molar-refractivity contribution in [1.29, 1.82) is 0 Å². The minimum atomic E-state index is 0.552. The molecule has 0 radical (unpaired) electrons. The third kappa shape index (κ3) is 4.08. The molecule has 0 saturated heterocycles. The molecule has 0 saturated carbocycles. The topological polar surface area (TPSA) is 57.4 Å². The molecule has 5 nitrogen and oxygen atoms in total. The van der Waals surface area contributed by atoms with Crippen LogP contribution in [0.15, 0.2) is 58.2 Å². The number of nitrogens with zero attached hydrogens (tertiary/aromatic N) is 2. The van der Waals surface area contributed by atoms with E-state index in [-0.39, 0.29) is 0 Å². The third-order valence-electron chi connectivity index (χ3n) is 3.48. The van der Waals surface area contributed by atoms with Gasteiger partial charge in [-0.2, -0.15) is 0 Å². The summed E-state index contributed by atoms with van der Waals surface area (Å²) in [4.78, 5) is 0. The van der Waals surface area contributed by atoms with Gasteiger partial charge in [-0.05, 0) is 23.8 Å². The Hall–Kier alpha value is -2.47. The van der Waals surface area contributed by atoms with Crippen LogP contribution in [0.1, 0.15) is 17.0 Å². The Morgan fingerprint density at radius 2 is 1.88 bits per heavy atom. The molecule has 0 atom stereocenters. The molecule has 0 unspecified atom stereocenters. The van der Waals surface area contributed by atoms with Crippen molar-refractivity contribution < 1.29 is 13.9 Å². The minimum absolute atomic E-state index is 0.552. The lowest BCUT2D eigenvalue weighted by Gasteiger charge is -2.05. The summed E-state index contributed by atoms with van der Waals surface area (Å²) >= 11 is 1.51. The van der Waals surface area contributed by atoms with Crippen LogP contribution in [-0.4, -0.2) is 24.4 Å². The van der Waals surface area contributed by atoms with Crippen LogP contribution in [0.3, 0.4) is 0 Å². The van der Waals surface area contributed by atoms with Crippen molar-refractivity contribution >= 4 is 11.8 Å². The van der Waals surface area contributed by atoms with Gasteiger partial charge in [-0.1, -0.05) is 42.1 Å². The SMILES string of the molecule is COc1cccc(CSc2nnc(Cc3ccccc3OC)o2)c1. The first-order valence-corrected chi connectivity index (χ1v) is 8.47. The van der Waals surface area contributed by atoms with E-state index in [2.05, 4.69) is 10.2 Å². The summed E-state index contributed by atoms with van der Waals surface area (Å²) < 4.78 is 16.3. The van der Waals surface area contributed by atoms with Gasteiger partial charge in [0.15, 0.2) is 0 Å². The van der Waals surface area contributed by atoms with Gasteiger partial charge in [-0.3, -0.25) is 0 Å². The Morgan fingerprint density at radius 1 is 1.00 bits per heavy atom. The molecule has 0 bridgehead atoms. The molecule has 3 rings (SSSR count). The number of ether oxygens (including phenoxy) is 2. The predicted octanol–water partition coefficient (Wildman–Crippen LogP) is 3.97. The van der Waals surface area contributed by atoms with E-state index < -0.39 is 0 Å². The van der Waals surface area contributed by atoms with E-state index in [1.165, 1.54) is 11.8 Å². The highest BCUT2D eigenvalue weighted by molar-refractivity contribution is 7.98. The second kappa shape index (κ2) is 7.88. The maximum atomic E-state index is 5.72. The first-order valence-electron chi connectivity index (χ1n) is 7.48. The fourth-order valence-electron chi connectivity index (χ4n) is 2.29. The normalized spacial score (nSPS) is 10.6. The Kier molecular flexibility index (Phi) is 5.38. The zero-order valence-corrected chi connectivity index (χ0v) is 14.4. The number of methoxy groups -OCH3 is 2. The van der Waals surface area contributed by atoms with E-state index in [9.17, 15) is 0 Å². The predicted molar refractivity (Wildman–Crippen MR) is 92.7 cm³/mol. The van der Waals surface area contributed by atoms with Gasteiger partial charge in [-0.15, -0.1) is 10.2 Å². The number of aromatic nitrogens is 2. The molecule has 0 aliphatic heterocycles. The number of hydrogen-bond acceptors (Lipinski definition) is 6. The molecule has 0 spiro atoms. The summed E-state index contributed by atoms with van der Waals surface area (Å²) in [5.41, 5.74) is 2.16. The molecule has 24 heavy (non-hydrogen) atoms. The smallest absolute Gasteiger partial charge is 0.276 e. The Bertz CT molecular complexity index is 804. The van der Waals surface area contributed by atoms with E-state index in [0.29, 0.717) is 17.5 Å². The highest BCUT2D eigenvalue weighted by Crippen LogP contribution is 2.25. The van der Waals surface area contributed by atoms with Crippen LogP contribution < -0.4 is 9.47 Å². The lowest BCUT2D eigenvalue weighted by atomic mass is 10.1. The summed E-state index contributed by atoms with van der Waals surface area (Å²) in [5.74, 6) is 2.98. The molecular weight excluding hydrogens is 324 g/mol. The van der Waals surface area contributed by atoms with Crippen LogP contribution in [0.5, 0.6) is 11.5 Å². The number of rotatable bonds is 7. The zero-order chi connectivity index (χ0) is 16.8. The van der Waals surface area contributed by atoms with Crippen molar-refractivity contribution in [3.8, 4) is 11.5 Å². The molecule has 0 aliphatic rings. The highest BCUT2D eigenvalue weighted by Gasteiger charge is 2.10. The van der Waals surface area contributed by atoms with Gasteiger partial charge in [0.1, 0.15) is 11.5 Å². The van der Waals surface area contributed by atoms with Gasteiger partial charge in [-0.25, -0.2) is 0 Å². The van der Waals surface area contributed by atoms with E-state index in [1.54, 1.807) is 14.2 Å². The second-order valence-electron chi connectivity index (χ2n) is 5.09. The standard InChI is InChI=1S/C18H18N2O3S/c1-21-15-8-5-6-13(10-15)12-24-18-20-19-17(23-18)11-14-7-3-4-9-16(14)22-2/h3-10H,11-12H2,1-2H3. The van der Waals surface area contributed by atoms with Crippen LogP contribution in [0.4, 0.5) is 0 Å². The zero-order valence-electron chi connectivity index (χ0n) is 13.6. The Morgan fingerprint density at radius 3 is 2.71 bits per heavy atom. The van der Waals surface area contributed by atoms with E-state index in [1.807, 2.05) is 48.5 Å².